The summed E-state index contributed by atoms with van der Waals surface area (Å²) in [6.45, 7) is 0. The Morgan fingerprint density at radius 2 is 1.92 bits per heavy atom. The van der Waals surface area contributed by atoms with E-state index >= 15 is 0 Å². The number of halogens is 2. The molecular formula is C7H7Cl2NO2S. The second-order valence-electron chi connectivity index (χ2n) is 2.47. The van der Waals surface area contributed by atoms with E-state index in [0.717, 1.165) is 0 Å². The molecule has 0 aromatic heterocycles. The molecule has 3 nitrogen and oxygen atoms in total. The number of alkyl halides is 1. The summed E-state index contributed by atoms with van der Waals surface area (Å²) in [5.41, 5.74) is 0.623. The standard InChI is InChI=1S/C7H7Cl2NO2S/c8-4-5-1-6(9)3-7(2-5)13(10,11)12/h1-3H,4H2,(H2,10,11,12). The summed E-state index contributed by atoms with van der Waals surface area (Å²) >= 11 is 11.2. The van der Waals surface area contributed by atoms with Crippen LogP contribution in [0.15, 0.2) is 23.1 Å². The minimum atomic E-state index is -3.70. The SMILES string of the molecule is NS(=O)(=O)c1cc(Cl)cc(CCl)c1. The van der Waals surface area contributed by atoms with Crippen LogP contribution in [0.3, 0.4) is 0 Å². The van der Waals surface area contributed by atoms with Crippen molar-refractivity contribution in [2.45, 2.75) is 10.8 Å². The van der Waals surface area contributed by atoms with Crippen LogP contribution in [0.4, 0.5) is 0 Å². The Bertz CT molecular complexity index is 417. The van der Waals surface area contributed by atoms with E-state index in [0.29, 0.717) is 10.6 Å². The average molecular weight is 240 g/mol. The van der Waals surface area contributed by atoms with Crippen LogP contribution in [0.2, 0.25) is 5.02 Å². The second-order valence-corrected chi connectivity index (χ2v) is 4.74. The second kappa shape index (κ2) is 3.84. The molecule has 1 rings (SSSR count). The van der Waals surface area contributed by atoms with Gasteiger partial charge < -0.3 is 0 Å². The number of benzene rings is 1. The lowest BCUT2D eigenvalue weighted by atomic mass is 10.2. The smallest absolute Gasteiger partial charge is 0.225 e. The normalized spacial score (nSPS) is 11.6. The van der Waals surface area contributed by atoms with Gasteiger partial charge in [0.15, 0.2) is 0 Å². The molecule has 0 spiro atoms. The van der Waals surface area contributed by atoms with Crippen LogP contribution >= 0.6 is 23.2 Å². The molecule has 1 aromatic rings. The van der Waals surface area contributed by atoms with E-state index < -0.39 is 10.0 Å². The lowest BCUT2D eigenvalue weighted by molar-refractivity contribution is 0.597. The first-order valence-corrected chi connectivity index (χ1v) is 5.77. The molecule has 0 saturated heterocycles. The molecule has 0 saturated carbocycles. The zero-order valence-electron chi connectivity index (χ0n) is 6.50. The third kappa shape index (κ3) is 2.84. The van der Waals surface area contributed by atoms with Crippen molar-refractivity contribution < 1.29 is 8.42 Å². The molecule has 0 aliphatic heterocycles. The van der Waals surface area contributed by atoms with Gasteiger partial charge in [-0.05, 0) is 23.8 Å². The van der Waals surface area contributed by atoms with E-state index in [2.05, 4.69) is 0 Å². The minimum Gasteiger partial charge on any atom is -0.225 e. The molecule has 0 unspecified atom stereocenters. The lowest BCUT2D eigenvalue weighted by Crippen LogP contribution is -2.12. The summed E-state index contributed by atoms with van der Waals surface area (Å²) < 4.78 is 21.9. The van der Waals surface area contributed by atoms with Crippen molar-refractivity contribution in [3.63, 3.8) is 0 Å². The highest BCUT2D eigenvalue weighted by molar-refractivity contribution is 7.89. The number of hydrogen-bond donors (Lipinski definition) is 1. The fourth-order valence-electron chi connectivity index (χ4n) is 0.862. The van der Waals surface area contributed by atoms with E-state index in [1.54, 1.807) is 6.07 Å². The zero-order valence-corrected chi connectivity index (χ0v) is 8.83. The molecule has 72 valence electrons. The molecule has 0 aliphatic carbocycles. The van der Waals surface area contributed by atoms with Gasteiger partial charge in [-0.2, -0.15) is 0 Å². The maximum atomic E-state index is 10.9. The van der Waals surface area contributed by atoms with Crippen LogP contribution in [-0.4, -0.2) is 8.42 Å². The van der Waals surface area contributed by atoms with Crippen molar-refractivity contribution in [2.75, 3.05) is 0 Å². The first-order chi connectivity index (χ1) is 5.93. The van der Waals surface area contributed by atoms with Crippen molar-refractivity contribution in [3.8, 4) is 0 Å². The molecule has 2 N–H and O–H groups in total. The Kier molecular flexibility index (Phi) is 3.18. The molecule has 0 amide bonds. The Morgan fingerprint density at radius 3 is 2.38 bits per heavy atom. The Balaban J connectivity index is 3.33. The largest absolute Gasteiger partial charge is 0.238 e. The van der Waals surface area contributed by atoms with Gasteiger partial charge in [0.2, 0.25) is 10.0 Å². The molecule has 0 atom stereocenters. The summed E-state index contributed by atoms with van der Waals surface area (Å²) in [5.74, 6) is 0.198. The van der Waals surface area contributed by atoms with E-state index in [1.807, 2.05) is 0 Å². The zero-order chi connectivity index (χ0) is 10.1. The van der Waals surface area contributed by atoms with Gasteiger partial charge in [0.05, 0.1) is 4.90 Å². The molecule has 6 heteroatoms. The van der Waals surface area contributed by atoms with Gasteiger partial charge in [-0.1, -0.05) is 11.6 Å². The van der Waals surface area contributed by atoms with Crippen LogP contribution in [0, 0.1) is 0 Å². The number of sulfonamides is 1. The number of primary sulfonamides is 1. The van der Waals surface area contributed by atoms with E-state index in [4.69, 9.17) is 28.3 Å². The highest BCUT2D eigenvalue weighted by Crippen LogP contribution is 2.19. The first-order valence-electron chi connectivity index (χ1n) is 3.32. The maximum Gasteiger partial charge on any atom is 0.238 e. The van der Waals surface area contributed by atoms with Crippen molar-refractivity contribution in [1.29, 1.82) is 0 Å². The van der Waals surface area contributed by atoms with Crippen LogP contribution in [-0.2, 0) is 15.9 Å². The van der Waals surface area contributed by atoms with Crippen molar-refractivity contribution in [3.05, 3.63) is 28.8 Å². The van der Waals surface area contributed by atoms with Gasteiger partial charge in [-0.15, -0.1) is 11.6 Å². The van der Waals surface area contributed by atoms with Gasteiger partial charge >= 0.3 is 0 Å². The van der Waals surface area contributed by atoms with Crippen LogP contribution in [0.1, 0.15) is 5.56 Å². The summed E-state index contributed by atoms with van der Waals surface area (Å²) in [6.07, 6.45) is 0. The van der Waals surface area contributed by atoms with Gasteiger partial charge in [-0.25, -0.2) is 13.6 Å². The topological polar surface area (TPSA) is 60.2 Å². The molecule has 0 radical (unpaired) electrons. The van der Waals surface area contributed by atoms with Crippen LogP contribution in [0.5, 0.6) is 0 Å². The van der Waals surface area contributed by atoms with E-state index in [9.17, 15) is 8.42 Å². The van der Waals surface area contributed by atoms with Crippen molar-refractivity contribution in [2.24, 2.45) is 5.14 Å². The summed E-state index contributed by atoms with van der Waals surface area (Å²) in [5, 5.41) is 5.23. The van der Waals surface area contributed by atoms with Crippen LogP contribution < -0.4 is 5.14 Å². The molecular weight excluding hydrogens is 233 g/mol. The Morgan fingerprint density at radius 1 is 1.31 bits per heavy atom. The minimum absolute atomic E-state index is 0.0179. The lowest BCUT2D eigenvalue weighted by Gasteiger charge is -2.01. The summed E-state index contributed by atoms with van der Waals surface area (Å²) in [7, 11) is -3.70. The molecule has 0 heterocycles. The van der Waals surface area contributed by atoms with Crippen LogP contribution in [0.25, 0.3) is 0 Å². The van der Waals surface area contributed by atoms with E-state index in [-0.39, 0.29) is 10.8 Å². The van der Waals surface area contributed by atoms with E-state index in [1.165, 1.54) is 12.1 Å². The monoisotopic (exact) mass is 239 g/mol. The number of rotatable bonds is 2. The fraction of sp³-hybridized carbons (Fsp3) is 0.143. The maximum absolute atomic E-state index is 10.9. The summed E-state index contributed by atoms with van der Waals surface area (Å²) in [6, 6.07) is 4.27. The average Bonchev–Trinajstić information content (AvgIpc) is 2.01. The molecule has 0 bridgehead atoms. The van der Waals surface area contributed by atoms with Crippen molar-refractivity contribution in [1.82, 2.24) is 0 Å². The third-order valence-electron chi connectivity index (χ3n) is 1.41. The van der Waals surface area contributed by atoms with Crippen molar-refractivity contribution >= 4 is 33.2 Å². The van der Waals surface area contributed by atoms with Gasteiger partial charge in [-0.3, -0.25) is 0 Å². The van der Waals surface area contributed by atoms with Gasteiger partial charge in [0, 0.05) is 10.9 Å². The number of hydrogen-bond acceptors (Lipinski definition) is 2. The van der Waals surface area contributed by atoms with Gasteiger partial charge in [0.25, 0.3) is 0 Å². The van der Waals surface area contributed by atoms with Gasteiger partial charge in [0.1, 0.15) is 0 Å². The fourth-order valence-corrected chi connectivity index (χ4v) is 1.95. The third-order valence-corrected chi connectivity index (χ3v) is 2.83. The summed E-state index contributed by atoms with van der Waals surface area (Å²) in [4.78, 5) is -0.0179. The Hall–Kier alpha value is -0.290. The highest BCUT2D eigenvalue weighted by Gasteiger charge is 2.09. The molecule has 0 aliphatic rings. The molecule has 13 heavy (non-hydrogen) atoms. The number of nitrogens with two attached hydrogens (primary N) is 1. The first kappa shape index (κ1) is 10.8. The predicted molar refractivity (Wildman–Crippen MR) is 52.4 cm³/mol. The quantitative estimate of drug-likeness (QED) is 0.800. The molecule has 0 fully saturated rings. The molecule has 1 aromatic carbocycles. The predicted octanol–water partition coefficient (Wildman–Crippen LogP) is 1.73. The highest BCUT2D eigenvalue weighted by atomic mass is 35.5. The Labute approximate surface area is 86.5 Å².